The third-order valence-corrected chi connectivity index (χ3v) is 4.40. The maximum atomic E-state index is 12.1. The van der Waals surface area contributed by atoms with E-state index >= 15 is 0 Å². The van der Waals surface area contributed by atoms with Gasteiger partial charge in [0.15, 0.2) is 11.5 Å². The smallest absolute Gasteiger partial charge is 0.272 e. The van der Waals surface area contributed by atoms with E-state index in [0.717, 1.165) is 11.3 Å². The summed E-state index contributed by atoms with van der Waals surface area (Å²) in [6, 6.07) is 6.12. The van der Waals surface area contributed by atoms with Crippen molar-refractivity contribution in [1.82, 2.24) is 10.9 Å². The zero-order valence-electron chi connectivity index (χ0n) is 12.8. The van der Waals surface area contributed by atoms with Crippen LogP contribution in [-0.4, -0.2) is 25.5 Å². The quantitative estimate of drug-likeness (QED) is 0.767. The summed E-state index contributed by atoms with van der Waals surface area (Å²) in [4.78, 5) is 24.1. The van der Waals surface area contributed by atoms with Gasteiger partial charge in [0, 0.05) is 5.56 Å². The zero-order valence-corrected chi connectivity index (χ0v) is 15.1. The normalized spacial score (nSPS) is 10.2. The summed E-state index contributed by atoms with van der Waals surface area (Å²) in [5.41, 5.74) is 5.07. The molecule has 1 aromatic carbocycles. The van der Waals surface area contributed by atoms with Crippen molar-refractivity contribution in [3.05, 3.63) is 44.1 Å². The minimum atomic E-state index is -0.561. The highest BCUT2D eigenvalue weighted by molar-refractivity contribution is 7.20. The molecule has 1 heterocycles. The fraction of sp³-hybridized carbons (Fsp3) is 0.200. The molecule has 0 aliphatic rings. The van der Waals surface area contributed by atoms with Gasteiger partial charge in [-0.15, -0.1) is 11.3 Å². The van der Waals surface area contributed by atoms with Crippen LogP contribution < -0.4 is 20.3 Å². The average Bonchev–Trinajstić information content (AvgIpc) is 2.91. The highest BCUT2D eigenvalue weighted by Crippen LogP contribution is 2.31. The highest BCUT2D eigenvalue weighted by Gasteiger charge is 2.16. The number of carbonyl (C=O) groups excluding carboxylic acids is 2. The molecule has 2 rings (SSSR count). The van der Waals surface area contributed by atoms with E-state index in [4.69, 9.17) is 32.7 Å². The molecule has 0 spiro atoms. The van der Waals surface area contributed by atoms with Crippen LogP contribution in [0.5, 0.6) is 11.5 Å². The molecule has 0 saturated heterocycles. The van der Waals surface area contributed by atoms with Crippen LogP contribution in [-0.2, 0) is 0 Å². The Morgan fingerprint density at radius 2 is 1.83 bits per heavy atom. The second-order valence-electron chi connectivity index (χ2n) is 4.44. The molecule has 2 N–H and O–H groups in total. The maximum absolute atomic E-state index is 12.1. The monoisotopic (exact) mass is 388 g/mol. The van der Waals surface area contributed by atoms with Crippen LogP contribution >= 0.6 is 34.5 Å². The average molecular weight is 389 g/mol. The Balaban J connectivity index is 2.04. The van der Waals surface area contributed by atoms with Crippen molar-refractivity contribution < 1.29 is 19.1 Å². The fourth-order valence-electron chi connectivity index (χ4n) is 1.83. The SMILES string of the molecule is CCOc1ccc(C(=O)NNC(=O)c2cc(Cl)sc2Cl)cc1OC. The Kier molecular flexibility index (Phi) is 6.30. The topological polar surface area (TPSA) is 76.7 Å². The highest BCUT2D eigenvalue weighted by atomic mass is 35.5. The molecule has 0 saturated carbocycles. The Labute approximate surface area is 152 Å². The van der Waals surface area contributed by atoms with E-state index in [1.165, 1.54) is 19.2 Å². The number of thiophene rings is 1. The second kappa shape index (κ2) is 8.23. The van der Waals surface area contributed by atoms with Crippen molar-refractivity contribution in [3.63, 3.8) is 0 Å². The summed E-state index contributed by atoms with van der Waals surface area (Å²) in [7, 11) is 1.48. The van der Waals surface area contributed by atoms with E-state index in [1.54, 1.807) is 12.1 Å². The molecule has 1 aromatic heterocycles. The number of carbonyl (C=O) groups is 2. The summed E-state index contributed by atoms with van der Waals surface area (Å²) in [6.45, 7) is 2.32. The largest absolute Gasteiger partial charge is 0.493 e. The van der Waals surface area contributed by atoms with Gasteiger partial charge < -0.3 is 9.47 Å². The van der Waals surface area contributed by atoms with E-state index in [2.05, 4.69) is 10.9 Å². The van der Waals surface area contributed by atoms with E-state index in [1.807, 2.05) is 6.92 Å². The van der Waals surface area contributed by atoms with E-state index < -0.39 is 11.8 Å². The molecule has 2 aromatic rings. The molecule has 0 fully saturated rings. The van der Waals surface area contributed by atoms with Gasteiger partial charge >= 0.3 is 0 Å². The number of amides is 2. The van der Waals surface area contributed by atoms with Crippen LogP contribution in [0.3, 0.4) is 0 Å². The van der Waals surface area contributed by atoms with Gasteiger partial charge in [0.1, 0.15) is 4.34 Å². The minimum Gasteiger partial charge on any atom is -0.493 e. The molecule has 0 bridgehead atoms. The number of nitrogens with one attached hydrogen (secondary N) is 2. The number of methoxy groups -OCH3 is 1. The summed E-state index contributed by atoms with van der Waals surface area (Å²) in [5, 5.41) is 0. The van der Waals surface area contributed by atoms with Gasteiger partial charge in [0.25, 0.3) is 11.8 Å². The molecule has 2 amide bonds. The van der Waals surface area contributed by atoms with Crippen molar-refractivity contribution in [2.24, 2.45) is 0 Å². The van der Waals surface area contributed by atoms with Crippen LogP contribution in [0, 0.1) is 0 Å². The van der Waals surface area contributed by atoms with Crippen LogP contribution in [0.1, 0.15) is 27.6 Å². The van der Waals surface area contributed by atoms with Crippen molar-refractivity contribution in [2.45, 2.75) is 6.92 Å². The summed E-state index contributed by atoms with van der Waals surface area (Å²) < 4.78 is 11.2. The first-order valence-electron chi connectivity index (χ1n) is 6.82. The molecule has 0 radical (unpaired) electrons. The zero-order chi connectivity index (χ0) is 17.7. The lowest BCUT2D eigenvalue weighted by atomic mass is 10.2. The maximum Gasteiger partial charge on any atom is 0.272 e. The van der Waals surface area contributed by atoms with Crippen molar-refractivity contribution in [2.75, 3.05) is 13.7 Å². The van der Waals surface area contributed by atoms with Gasteiger partial charge in [-0.25, -0.2) is 0 Å². The van der Waals surface area contributed by atoms with Crippen LogP contribution in [0.15, 0.2) is 24.3 Å². The molecular weight excluding hydrogens is 375 g/mol. The predicted octanol–water partition coefficient (Wildman–Crippen LogP) is 3.54. The molecule has 0 atom stereocenters. The number of halogens is 2. The third kappa shape index (κ3) is 4.31. The summed E-state index contributed by atoms with van der Waals surface area (Å²) in [6.07, 6.45) is 0. The predicted molar refractivity (Wildman–Crippen MR) is 93.4 cm³/mol. The first-order valence-corrected chi connectivity index (χ1v) is 8.39. The lowest BCUT2D eigenvalue weighted by molar-refractivity contribution is 0.0847. The molecule has 6 nitrogen and oxygen atoms in total. The van der Waals surface area contributed by atoms with Gasteiger partial charge in [0.2, 0.25) is 0 Å². The molecule has 24 heavy (non-hydrogen) atoms. The second-order valence-corrected chi connectivity index (χ2v) is 6.73. The lowest BCUT2D eigenvalue weighted by Crippen LogP contribution is -2.41. The first-order chi connectivity index (χ1) is 11.5. The summed E-state index contributed by atoms with van der Waals surface area (Å²) >= 11 is 12.7. The molecular formula is C15H14Cl2N2O4S. The number of hydrazine groups is 1. The van der Waals surface area contributed by atoms with Gasteiger partial charge in [-0.1, -0.05) is 23.2 Å². The molecule has 9 heteroatoms. The van der Waals surface area contributed by atoms with Crippen LogP contribution in [0.2, 0.25) is 8.67 Å². The van der Waals surface area contributed by atoms with Gasteiger partial charge in [-0.2, -0.15) is 0 Å². The van der Waals surface area contributed by atoms with Gasteiger partial charge in [0.05, 0.1) is 23.6 Å². The van der Waals surface area contributed by atoms with Crippen molar-refractivity contribution in [3.8, 4) is 11.5 Å². The first kappa shape index (κ1) is 18.4. The van der Waals surface area contributed by atoms with Crippen molar-refractivity contribution >= 4 is 46.4 Å². The Bertz CT molecular complexity index is 764. The molecule has 0 aliphatic carbocycles. The van der Waals surface area contributed by atoms with Crippen molar-refractivity contribution in [1.29, 1.82) is 0 Å². The number of rotatable bonds is 5. The van der Waals surface area contributed by atoms with E-state index in [0.29, 0.717) is 28.0 Å². The lowest BCUT2D eigenvalue weighted by Gasteiger charge is -2.11. The Morgan fingerprint density at radius 3 is 2.42 bits per heavy atom. The molecule has 0 aliphatic heterocycles. The number of ether oxygens (including phenoxy) is 2. The summed E-state index contributed by atoms with van der Waals surface area (Å²) in [5.74, 6) is -0.125. The molecule has 0 unspecified atom stereocenters. The third-order valence-electron chi connectivity index (χ3n) is 2.92. The number of hydrogen-bond acceptors (Lipinski definition) is 5. The Morgan fingerprint density at radius 1 is 1.12 bits per heavy atom. The Hall–Kier alpha value is -1.96. The van der Waals surface area contributed by atoms with Gasteiger partial charge in [-0.3, -0.25) is 20.4 Å². The van der Waals surface area contributed by atoms with Gasteiger partial charge in [-0.05, 0) is 31.2 Å². The van der Waals surface area contributed by atoms with Crippen LogP contribution in [0.25, 0.3) is 0 Å². The number of benzene rings is 1. The van der Waals surface area contributed by atoms with Crippen LogP contribution in [0.4, 0.5) is 0 Å². The number of hydrogen-bond donors (Lipinski definition) is 2. The fourth-order valence-corrected chi connectivity index (χ4v) is 3.29. The van der Waals surface area contributed by atoms with E-state index in [9.17, 15) is 9.59 Å². The standard InChI is InChI=1S/C15H14Cl2N2O4S/c1-3-23-10-5-4-8(6-11(10)22-2)14(20)18-19-15(21)9-7-12(16)24-13(9)17/h4-7H,3H2,1-2H3,(H,18,20)(H,19,21). The molecule has 128 valence electrons. The minimum absolute atomic E-state index is 0.191. The van der Waals surface area contributed by atoms with E-state index in [-0.39, 0.29) is 9.90 Å².